The Bertz CT molecular complexity index is 700. The zero-order valence-corrected chi connectivity index (χ0v) is 17.4. The third-order valence-electron chi connectivity index (χ3n) is 5.18. The average Bonchev–Trinajstić information content (AvgIpc) is 3.04. The van der Waals surface area contributed by atoms with Gasteiger partial charge in [-0.05, 0) is 19.9 Å². The van der Waals surface area contributed by atoms with Crippen LogP contribution in [0.25, 0.3) is 0 Å². The van der Waals surface area contributed by atoms with Crippen molar-refractivity contribution in [1.29, 1.82) is 0 Å². The summed E-state index contributed by atoms with van der Waals surface area (Å²) in [6.45, 7) is 10.4. The van der Waals surface area contributed by atoms with Gasteiger partial charge in [-0.3, -0.25) is 4.90 Å². The van der Waals surface area contributed by atoms with Crippen molar-refractivity contribution in [1.82, 2.24) is 29.7 Å². The number of fused-ring (bicyclic) bond motifs is 1. The van der Waals surface area contributed by atoms with Crippen LogP contribution in [-0.2, 0) is 19.4 Å². The van der Waals surface area contributed by atoms with E-state index in [0.29, 0.717) is 0 Å². The van der Waals surface area contributed by atoms with E-state index < -0.39 is 0 Å². The normalized spacial score (nSPS) is 17.4. The Morgan fingerprint density at radius 3 is 2.52 bits per heavy atom. The maximum absolute atomic E-state index is 4.82. The van der Waals surface area contributed by atoms with Crippen molar-refractivity contribution in [3.05, 3.63) is 35.8 Å². The van der Waals surface area contributed by atoms with Gasteiger partial charge in [-0.15, -0.1) is 24.8 Å². The minimum absolute atomic E-state index is 0. The molecule has 2 aromatic heterocycles. The Labute approximate surface area is 173 Å². The highest BCUT2D eigenvalue weighted by Gasteiger charge is 2.23. The van der Waals surface area contributed by atoms with Crippen LogP contribution < -0.4 is 10.2 Å². The number of rotatable bonds is 4. The van der Waals surface area contributed by atoms with Crippen LogP contribution in [0.15, 0.2) is 18.7 Å². The number of anilines is 1. The summed E-state index contributed by atoms with van der Waals surface area (Å²) in [5, 5.41) is 3.48. The molecule has 2 aliphatic rings. The second-order valence-corrected chi connectivity index (χ2v) is 6.90. The van der Waals surface area contributed by atoms with Crippen LogP contribution in [0.2, 0.25) is 0 Å². The van der Waals surface area contributed by atoms with Crippen molar-refractivity contribution in [2.24, 2.45) is 0 Å². The predicted molar refractivity (Wildman–Crippen MR) is 112 cm³/mol. The first-order valence-electron chi connectivity index (χ1n) is 9.30. The molecular weight excluding hydrogens is 385 g/mol. The van der Waals surface area contributed by atoms with Gasteiger partial charge < -0.3 is 14.8 Å². The smallest absolute Gasteiger partial charge is 0.135 e. The number of imidazole rings is 1. The van der Waals surface area contributed by atoms with Gasteiger partial charge in [0.25, 0.3) is 0 Å². The van der Waals surface area contributed by atoms with Gasteiger partial charge in [0.2, 0.25) is 0 Å². The SMILES string of the molecule is Cc1nc2c(c(N3CCN(CCn4ccnc4)CC3)n1)CCNCC2.Cl.Cl. The minimum atomic E-state index is 0. The molecule has 9 heteroatoms. The molecule has 0 radical (unpaired) electrons. The largest absolute Gasteiger partial charge is 0.354 e. The Kier molecular flexibility index (Phi) is 8.28. The molecular formula is C18H29Cl2N7. The number of hydrogen-bond acceptors (Lipinski definition) is 6. The number of hydrogen-bond donors (Lipinski definition) is 1. The van der Waals surface area contributed by atoms with Crippen LogP contribution in [0, 0.1) is 6.92 Å². The molecule has 0 amide bonds. The summed E-state index contributed by atoms with van der Waals surface area (Å²) in [7, 11) is 0. The molecule has 4 heterocycles. The summed E-state index contributed by atoms with van der Waals surface area (Å²) in [4.78, 5) is 18.6. The highest BCUT2D eigenvalue weighted by molar-refractivity contribution is 5.85. The van der Waals surface area contributed by atoms with Crippen LogP contribution >= 0.6 is 24.8 Å². The lowest BCUT2D eigenvalue weighted by molar-refractivity contribution is 0.247. The van der Waals surface area contributed by atoms with Crippen LogP contribution in [0.3, 0.4) is 0 Å². The van der Waals surface area contributed by atoms with Crippen LogP contribution in [0.4, 0.5) is 5.82 Å². The van der Waals surface area contributed by atoms with Gasteiger partial charge in [0.1, 0.15) is 11.6 Å². The zero-order valence-electron chi connectivity index (χ0n) is 15.8. The van der Waals surface area contributed by atoms with Gasteiger partial charge in [0.05, 0.1) is 12.0 Å². The predicted octanol–water partition coefficient (Wildman–Crippen LogP) is 1.34. The van der Waals surface area contributed by atoms with E-state index in [-0.39, 0.29) is 24.8 Å². The van der Waals surface area contributed by atoms with E-state index in [4.69, 9.17) is 9.97 Å². The average molecular weight is 414 g/mol. The highest BCUT2D eigenvalue weighted by Crippen LogP contribution is 2.24. The zero-order chi connectivity index (χ0) is 17.1. The first kappa shape index (κ1) is 21.9. The molecule has 0 bridgehead atoms. The molecule has 1 fully saturated rings. The van der Waals surface area contributed by atoms with Crippen LogP contribution in [0.1, 0.15) is 17.1 Å². The Balaban J connectivity index is 0.00000131. The van der Waals surface area contributed by atoms with Crippen molar-refractivity contribution >= 4 is 30.6 Å². The van der Waals surface area contributed by atoms with Gasteiger partial charge in [0.15, 0.2) is 0 Å². The van der Waals surface area contributed by atoms with E-state index in [1.165, 1.54) is 17.1 Å². The number of piperazine rings is 1. The number of halogens is 2. The second kappa shape index (κ2) is 10.2. The van der Waals surface area contributed by atoms with Crippen molar-refractivity contribution in [3.8, 4) is 0 Å². The molecule has 7 nitrogen and oxygen atoms in total. The van der Waals surface area contributed by atoms with Gasteiger partial charge in [-0.2, -0.15) is 0 Å². The van der Waals surface area contributed by atoms with Crippen molar-refractivity contribution in [2.75, 3.05) is 50.7 Å². The monoisotopic (exact) mass is 413 g/mol. The van der Waals surface area contributed by atoms with E-state index in [2.05, 4.69) is 24.7 Å². The molecule has 0 spiro atoms. The summed E-state index contributed by atoms with van der Waals surface area (Å²) in [5.41, 5.74) is 2.61. The molecule has 150 valence electrons. The summed E-state index contributed by atoms with van der Waals surface area (Å²) < 4.78 is 2.15. The van der Waals surface area contributed by atoms with Crippen molar-refractivity contribution in [2.45, 2.75) is 26.3 Å². The van der Waals surface area contributed by atoms with E-state index in [0.717, 1.165) is 71.0 Å². The molecule has 0 saturated carbocycles. The molecule has 1 N–H and O–H groups in total. The highest BCUT2D eigenvalue weighted by atomic mass is 35.5. The molecule has 2 aliphatic heterocycles. The summed E-state index contributed by atoms with van der Waals surface area (Å²) in [6.07, 6.45) is 7.81. The van der Waals surface area contributed by atoms with Crippen LogP contribution in [0.5, 0.6) is 0 Å². The lowest BCUT2D eigenvalue weighted by atomic mass is 10.1. The lowest BCUT2D eigenvalue weighted by Gasteiger charge is -2.36. The summed E-state index contributed by atoms with van der Waals surface area (Å²) in [6, 6.07) is 0. The fourth-order valence-corrected chi connectivity index (χ4v) is 3.77. The third-order valence-corrected chi connectivity index (χ3v) is 5.18. The Hall–Kier alpha value is -1.41. The van der Waals surface area contributed by atoms with E-state index in [9.17, 15) is 0 Å². The van der Waals surface area contributed by atoms with Gasteiger partial charge in [-0.25, -0.2) is 15.0 Å². The van der Waals surface area contributed by atoms with Crippen LogP contribution in [-0.4, -0.2) is 70.2 Å². The quantitative estimate of drug-likeness (QED) is 0.815. The number of aryl methyl sites for hydroxylation is 1. The third kappa shape index (κ3) is 5.31. The van der Waals surface area contributed by atoms with Gasteiger partial charge in [0, 0.05) is 70.2 Å². The van der Waals surface area contributed by atoms with E-state index in [1.807, 2.05) is 25.6 Å². The molecule has 0 aliphatic carbocycles. The first-order valence-corrected chi connectivity index (χ1v) is 9.30. The Morgan fingerprint density at radius 1 is 1.00 bits per heavy atom. The number of nitrogens with zero attached hydrogens (tertiary/aromatic N) is 6. The molecule has 4 rings (SSSR count). The molecule has 27 heavy (non-hydrogen) atoms. The molecule has 0 atom stereocenters. The number of aromatic nitrogens is 4. The number of nitrogens with one attached hydrogen (secondary N) is 1. The van der Waals surface area contributed by atoms with Crippen molar-refractivity contribution in [3.63, 3.8) is 0 Å². The minimum Gasteiger partial charge on any atom is -0.354 e. The maximum atomic E-state index is 4.82. The van der Waals surface area contributed by atoms with Gasteiger partial charge in [-0.1, -0.05) is 0 Å². The van der Waals surface area contributed by atoms with Crippen molar-refractivity contribution < 1.29 is 0 Å². The molecule has 0 aromatic carbocycles. The fourth-order valence-electron chi connectivity index (χ4n) is 3.77. The van der Waals surface area contributed by atoms with Gasteiger partial charge >= 0.3 is 0 Å². The molecule has 0 unspecified atom stereocenters. The summed E-state index contributed by atoms with van der Waals surface area (Å²) in [5.74, 6) is 2.08. The fraction of sp³-hybridized carbons (Fsp3) is 0.611. The Morgan fingerprint density at radius 2 is 1.78 bits per heavy atom. The van der Waals surface area contributed by atoms with E-state index in [1.54, 1.807) is 0 Å². The molecule has 1 saturated heterocycles. The lowest BCUT2D eigenvalue weighted by Crippen LogP contribution is -2.48. The summed E-state index contributed by atoms with van der Waals surface area (Å²) >= 11 is 0. The topological polar surface area (TPSA) is 62.1 Å². The maximum Gasteiger partial charge on any atom is 0.135 e. The van der Waals surface area contributed by atoms with E-state index >= 15 is 0 Å². The second-order valence-electron chi connectivity index (χ2n) is 6.90. The standard InChI is InChI=1S/C18H27N7.2ClH/c1-15-21-17-3-5-19-4-2-16(17)18(22-15)25-12-10-23(11-13-25)8-9-24-7-6-20-14-24;;/h6-7,14,19H,2-5,8-13H2,1H3;2*1H. The first-order chi connectivity index (χ1) is 12.3. The molecule has 2 aromatic rings.